The lowest BCUT2D eigenvalue weighted by Gasteiger charge is -2.11. The van der Waals surface area contributed by atoms with Crippen LogP contribution in [0.3, 0.4) is 0 Å². The van der Waals surface area contributed by atoms with Gasteiger partial charge in [0.25, 0.3) is 0 Å². The van der Waals surface area contributed by atoms with Crippen molar-refractivity contribution in [2.45, 2.75) is 0 Å². The molecule has 3 aromatic rings. The summed E-state index contributed by atoms with van der Waals surface area (Å²) in [7, 11) is 0. The van der Waals surface area contributed by atoms with Gasteiger partial charge in [-0.1, -0.05) is 52.5 Å². The summed E-state index contributed by atoms with van der Waals surface area (Å²) in [6.07, 6.45) is 1.67. The Morgan fingerprint density at radius 1 is 0.696 bits per heavy atom. The number of hydrogen-bond acceptors (Lipinski definition) is 2. The second-order valence-electron chi connectivity index (χ2n) is 4.91. The van der Waals surface area contributed by atoms with Crippen LogP contribution in [0.1, 0.15) is 0 Å². The summed E-state index contributed by atoms with van der Waals surface area (Å²) in [5.74, 6) is 0. The first-order chi connectivity index (χ1) is 11.0. The number of nitrogen functional groups attached to an aromatic ring is 1. The van der Waals surface area contributed by atoms with E-state index in [1.54, 1.807) is 42.6 Å². The van der Waals surface area contributed by atoms with Gasteiger partial charge in [0.15, 0.2) is 0 Å². The Labute approximate surface area is 153 Å². The summed E-state index contributed by atoms with van der Waals surface area (Å²) in [6, 6.07) is 12.2. The van der Waals surface area contributed by atoms with Crippen LogP contribution in [0.5, 0.6) is 0 Å². The van der Waals surface area contributed by atoms with Gasteiger partial charge in [0.1, 0.15) is 0 Å². The SMILES string of the molecule is Nc1cc(-c2ccc(Cl)cc2Cl)ncc1-c1ccc(Cl)cc1Cl. The highest BCUT2D eigenvalue weighted by Crippen LogP contribution is 2.36. The van der Waals surface area contributed by atoms with E-state index >= 15 is 0 Å². The highest BCUT2D eigenvalue weighted by Gasteiger charge is 2.12. The molecule has 0 radical (unpaired) electrons. The van der Waals surface area contributed by atoms with E-state index in [4.69, 9.17) is 52.1 Å². The molecule has 23 heavy (non-hydrogen) atoms. The fourth-order valence-electron chi connectivity index (χ4n) is 2.25. The summed E-state index contributed by atoms with van der Waals surface area (Å²) in [6.45, 7) is 0. The fraction of sp³-hybridized carbons (Fsp3) is 0. The molecule has 3 rings (SSSR count). The minimum atomic E-state index is 0.515. The van der Waals surface area contributed by atoms with Gasteiger partial charge in [0, 0.05) is 38.6 Å². The van der Waals surface area contributed by atoms with Crippen molar-refractivity contribution in [3.8, 4) is 22.4 Å². The zero-order valence-electron chi connectivity index (χ0n) is 11.7. The van der Waals surface area contributed by atoms with Crippen LogP contribution in [0.4, 0.5) is 5.69 Å². The van der Waals surface area contributed by atoms with Crippen LogP contribution in [0.15, 0.2) is 48.7 Å². The number of rotatable bonds is 2. The van der Waals surface area contributed by atoms with Crippen LogP contribution in [-0.2, 0) is 0 Å². The molecule has 2 nitrogen and oxygen atoms in total. The molecule has 0 bridgehead atoms. The highest BCUT2D eigenvalue weighted by atomic mass is 35.5. The molecule has 0 amide bonds. The standard InChI is InChI=1S/C17H10Cl4N2/c18-9-1-3-11(14(20)5-9)13-8-23-17(7-16(13)22)12-4-2-10(19)6-15(12)21/h1-8H,(H2,22,23). The van der Waals surface area contributed by atoms with Crippen molar-refractivity contribution in [3.05, 3.63) is 68.8 Å². The molecular weight excluding hydrogens is 374 g/mol. The van der Waals surface area contributed by atoms with Crippen molar-refractivity contribution < 1.29 is 0 Å². The summed E-state index contributed by atoms with van der Waals surface area (Å²) in [4.78, 5) is 4.44. The second kappa shape index (κ2) is 6.58. The molecule has 0 fully saturated rings. The molecule has 2 N–H and O–H groups in total. The Morgan fingerprint density at radius 3 is 1.78 bits per heavy atom. The summed E-state index contributed by atoms with van der Waals surface area (Å²) < 4.78 is 0. The average Bonchev–Trinajstić information content (AvgIpc) is 2.48. The van der Waals surface area contributed by atoms with Crippen LogP contribution in [-0.4, -0.2) is 4.98 Å². The van der Waals surface area contributed by atoms with Crippen LogP contribution in [0.2, 0.25) is 20.1 Å². The average molecular weight is 384 g/mol. The number of aromatic nitrogens is 1. The van der Waals surface area contributed by atoms with Crippen molar-refractivity contribution in [1.82, 2.24) is 4.98 Å². The predicted molar refractivity (Wildman–Crippen MR) is 99.6 cm³/mol. The lowest BCUT2D eigenvalue weighted by Crippen LogP contribution is -1.95. The smallest absolute Gasteiger partial charge is 0.0737 e. The topological polar surface area (TPSA) is 38.9 Å². The second-order valence-corrected chi connectivity index (χ2v) is 6.59. The summed E-state index contributed by atoms with van der Waals surface area (Å²) in [5, 5.41) is 2.16. The van der Waals surface area contributed by atoms with Gasteiger partial charge >= 0.3 is 0 Å². The third-order valence-corrected chi connectivity index (χ3v) is 4.46. The zero-order valence-corrected chi connectivity index (χ0v) is 14.7. The number of hydrogen-bond donors (Lipinski definition) is 1. The van der Waals surface area contributed by atoms with Gasteiger partial charge in [-0.3, -0.25) is 4.98 Å². The first-order valence-corrected chi connectivity index (χ1v) is 8.13. The Balaban J connectivity index is 2.07. The van der Waals surface area contributed by atoms with Gasteiger partial charge in [0.2, 0.25) is 0 Å². The zero-order chi connectivity index (χ0) is 16.6. The van der Waals surface area contributed by atoms with E-state index in [0.717, 1.165) is 16.7 Å². The number of anilines is 1. The van der Waals surface area contributed by atoms with Crippen molar-refractivity contribution in [3.63, 3.8) is 0 Å². The van der Waals surface area contributed by atoms with E-state index in [1.807, 2.05) is 6.07 Å². The van der Waals surface area contributed by atoms with Crippen LogP contribution in [0.25, 0.3) is 22.4 Å². The monoisotopic (exact) mass is 382 g/mol. The number of nitrogens with zero attached hydrogens (tertiary/aromatic N) is 1. The molecule has 0 aliphatic heterocycles. The van der Waals surface area contributed by atoms with Gasteiger partial charge < -0.3 is 5.73 Å². The molecule has 2 aromatic carbocycles. The van der Waals surface area contributed by atoms with Gasteiger partial charge in [-0.15, -0.1) is 0 Å². The molecule has 0 atom stereocenters. The number of pyridine rings is 1. The number of halogens is 4. The van der Waals surface area contributed by atoms with Gasteiger partial charge in [-0.2, -0.15) is 0 Å². The normalized spacial score (nSPS) is 10.8. The molecular formula is C17H10Cl4N2. The van der Waals surface area contributed by atoms with Crippen LogP contribution >= 0.6 is 46.4 Å². The molecule has 116 valence electrons. The maximum atomic E-state index is 6.23. The molecule has 0 aliphatic carbocycles. The van der Waals surface area contributed by atoms with E-state index in [0.29, 0.717) is 31.5 Å². The lowest BCUT2D eigenvalue weighted by molar-refractivity contribution is 1.33. The maximum absolute atomic E-state index is 6.23. The van der Waals surface area contributed by atoms with E-state index in [2.05, 4.69) is 4.98 Å². The van der Waals surface area contributed by atoms with E-state index in [9.17, 15) is 0 Å². The molecule has 1 heterocycles. The van der Waals surface area contributed by atoms with Crippen molar-refractivity contribution in [1.29, 1.82) is 0 Å². The van der Waals surface area contributed by atoms with Gasteiger partial charge in [-0.25, -0.2) is 0 Å². The molecule has 0 unspecified atom stereocenters. The maximum Gasteiger partial charge on any atom is 0.0737 e. The Morgan fingerprint density at radius 2 is 1.26 bits per heavy atom. The molecule has 1 aromatic heterocycles. The number of nitrogens with two attached hydrogens (primary N) is 1. The molecule has 6 heteroatoms. The molecule has 0 spiro atoms. The van der Waals surface area contributed by atoms with Crippen molar-refractivity contribution >= 4 is 52.1 Å². The van der Waals surface area contributed by atoms with E-state index < -0.39 is 0 Å². The summed E-state index contributed by atoms with van der Waals surface area (Å²) in [5.41, 5.74) is 9.66. The predicted octanol–water partition coefficient (Wildman–Crippen LogP) is 6.61. The minimum absolute atomic E-state index is 0.515. The van der Waals surface area contributed by atoms with Crippen molar-refractivity contribution in [2.24, 2.45) is 0 Å². The summed E-state index contributed by atoms with van der Waals surface area (Å²) >= 11 is 24.3. The lowest BCUT2D eigenvalue weighted by atomic mass is 10.0. The Hall–Kier alpha value is -1.45. The first-order valence-electron chi connectivity index (χ1n) is 6.62. The van der Waals surface area contributed by atoms with Crippen LogP contribution in [0, 0.1) is 0 Å². The quantitative estimate of drug-likeness (QED) is 0.540. The third-order valence-electron chi connectivity index (χ3n) is 3.36. The highest BCUT2D eigenvalue weighted by molar-refractivity contribution is 6.37. The minimum Gasteiger partial charge on any atom is -0.398 e. The molecule has 0 saturated carbocycles. The molecule has 0 saturated heterocycles. The van der Waals surface area contributed by atoms with Crippen LogP contribution < -0.4 is 5.73 Å². The Bertz CT molecular complexity index is 894. The van der Waals surface area contributed by atoms with E-state index in [-0.39, 0.29) is 0 Å². The fourth-order valence-corrected chi connectivity index (χ4v) is 3.26. The van der Waals surface area contributed by atoms with E-state index in [1.165, 1.54) is 0 Å². The third kappa shape index (κ3) is 3.41. The first kappa shape index (κ1) is 16.4. The molecule has 0 aliphatic rings. The number of benzene rings is 2. The van der Waals surface area contributed by atoms with Gasteiger partial charge in [-0.05, 0) is 36.4 Å². The van der Waals surface area contributed by atoms with Gasteiger partial charge in [0.05, 0.1) is 15.7 Å². The Kier molecular flexibility index (Phi) is 4.69. The largest absolute Gasteiger partial charge is 0.398 e. The van der Waals surface area contributed by atoms with Crippen molar-refractivity contribution in [2.75, 3.05) is 5.73 Å².